The van der Waals surface area contributed by atoms with Crippen LogP contribution in [0.4, 0.5) is 11.6 Å². The van der Waals surface area contributed by atoms with Gasteiger partial charge in [0, 0.05) is 49.0 Å². The standard InChI is InChI=1S/C32H29N5O2S/c1-23-7-2-3-8-26(23)22-37-27-9-4-5-10-28(27)40-29(31(37)39)21-24-11-13-25(14-12-24)30(38)35-17-19-36(20-18-35)32-33-15-6-16-34-32/h2-16,21H,17-20,22H2,1H3. The van der Waals surface area contributed by atoms with Gasteiger partial charge in [-0.2, -0.15) is 0 Å². The first-order valence-corrected chi connectivity index (χ1v) is 14.1. The van der Waals surface area contributed by atoms with E-state index in [9.17, 15) is 9.59 Å². The molecule has 0 atom stereocenters. The van der Waals surface area contributed by atoms with Crippen molar-refractivity contribution in [2.24, 2.45) is 0 Å². The maximum Gasteiger partial charge on any atom is 0.265 e. The van der Waals surface area contributed by atoms with Gasteiger partial charge in [0.25, 0.3) is 11.8 Å². The van der Waals surface area contributed by atoms with E-state index in [0.717, 1.165) is 27.3 Å². The summed E-state index contributed by atoms with van der Waals surface area (Å²) in [6.45, 7) is 5.20. The monoisotopic (exact) mass is 547 g/mol. The van der Waals surface area contributed by atoms with E-state index in [2.05, 4.69) is 40.0 Å². The van der Waals surface area contributed by atoms with Crippen LogP contribution < -0.4 is 9.80 Å². The van der Waals surface area contributed by atoms with Crippen molar-refractivity contribution in [1.29, 1.82) is 0 Å². The Labute approximate surface area is 238 Å². The molecule has 2 aliphatic heterocycles. The summed E-state index contributed by atoms with van der Waals surface area (Å²) in [5.41, 5.74) is 4.73. The molecule has 0 saturated carbocycles. The minimum atomic E-state index is -0.0210. The van der Waals surface area contributed by atoms with E-state index >= 15 is 0 Å². The van der Waals surface area contributed by atoms with Crippen molar-refractivity contribution in [1.82, 2.24) is 14.9 Å². The molecule has 4 aromatic rings. The maximum absolute atomic E-state index is 13.7. The molecule has 6 rings (SSSR count). The number of para-hydroxylation sites is 1. The van der Waals surface area contributed by atoms with Crippen molar-refractivity contribution in [2.45, 2.75) is 18.4 Å². The smallest absolute Gasteiger partial charge is 0.265 e. The van der Waals surface area contributed by atoms with Gasteiger partial charge in [0.05, 0.1) is 17.1 Å². The number of anilines is 2. The van der Waals surface area contributed by atoms with Crippen LogP contribution in [-0.2, 0) is 11.3 Å². The van der Waals surface area contributed by atoms with Gasteiger partial charge in [-0.15, -0.1) is 0 Å². The van der Waals surface area contributed by atoms with E-state index < -0.39 is 0 Å². The van der Waals surface area contributed by atoms with Gasteiger partial charge in [-0.1, -0.05) is 60.3 Å². The van der Waals surface area contributed by atoms with Crippen molar-refractivity contribution < 1.29 is 9.59 Å². The molecule has 0 bridgehead atoms. The predicted octanol–water partition coefficient (Wildman–Crippen LogP) is 5.43. The van der Waals surface area contributed by atoms with E-state index in [1.54, 1.807) is 18.5 Å². The number of hydrogen-bond acceptors (Lipinski definition) is 6. The Bertz CT molecular complexity index is 1560. The summed E-state index contributed by atoms with van der Waals surface area (Å²) in [5.74, 6) is 0.684. The summed E-state index contributed by atoms with van der Waals surface area (Å²) in [6.07, 6.45) is 5.38. The summed E-state index contributed by atoms with van der Waals surface area (Å²) in [7, 11) is 0. The molecule has 0 radical (unpaired) electrons. The number of hydrogen-bond donors (Lipinski definition) is 0. The molecular weight excluding hydrogens is 518 g/mol. The predicted molar refractivity (Wildman–Crippen MR) is 159 cm³/mol. The van der Waals surface area contributed by atoms with E-state index in [4.69, 9.17) is 0 Å². The fourth-order valence-corrected chi connectivity index (χ4v) is 6.06. The average Bonchev–Trinajstić information content (AvgIpc) is 3.01. The van der Waals surface area contributed by atoms with Gasteiger partial charge < -0.3 is 14.7 Å². The van der Waals surface area contributed by atoms with Crippen LogP contribution in [0.3, 0.4) is 0 Å². The first-order chi connectivity index (χ1) is 19.6. The van der Waals surface area contributed by atoms with Crippen molar-refractivity contribution in [2.75, 3.05) is 36.0 Å². The lowest BCUT2D eigenvalue weighted by Gasteiger charge is -2.34. The lowest BCUT2D eigenvalue weighted by molar-refractivity contribution is -0.114. The van der Waals surface area contributed by atoms with Gasteiger partial charge >= 0.3 is 0 Å². The third-order valence-electron chi connectivity index (χ3n) is 7.28. The Morgan fingerprint density at radius 2 is 1.57 bits per heavy atom. The second-order valence-corrected chi connectivity index (χ2v) is 10.9. The number of aromatic nitrogens is 2. The first-order valence-electron chi connectivity index (χ1n) is 13.3. The third kappa shape index (κ3) is 5.35. The van der Waals surface area contributed by atoms with Crippen molar-refractivity contribution in [3.63, 3.8) is 0 Å². The molecule has 2 amide bonds. The van der Waals surface area contributed by atoms with Gasteiger partial charge in [0.15, 0.2) is 0 Å². The van der Waals surface area contributed by atoms with Gasteiger partial charge in [0.1, 0.15) is 0 Å². The number of carbonyl (C=O) groups excluding carboxylic acids is 2. The molecule has 8 heteroatoms. The Morgan fingerprint density at radius 1 is 0.875 bits per heavy atom. The van der Waals surface area contributed by atoms with Gasteiger partial charge in [-0.05, 0) is 60.0 Å². The molecule has 3 heterocycles. The van der Waals surface area contributed by atoms with Crippen LogP contribution in [0, 0.1) is 6.92 Å². The van der Waals surface area contributed by atoms with Gasteiger partial charge in [-0.25, -0.2) is 9.97 Å². The number of nitrogens with zero attached hydrogens (tertiary/aromatic N) is 5. The maximum atomic E-state index is 13.7. The van der Waals surface area contributed by atoms with E-state index in [1.807, 2.05) is 70.5 Å². The number of aryl methyl sites for hydroxylation is 1. The van der Waals surface area contributed by atoms with Crippen LogP contribution in [0.15, 0.2) is 101 Å². The zero-order chi connectivity index (χ0) is 27.5. The summed E-state index contributed by atoms with van der Waals surface area (Å²) < 4.78 is 0. The Kier molecular flexibility index (Phi) is 7.33. The summed E-state index contributed by atoms with van der Waals surface area (Å²) in [4.78, 5) is 43.0. The highest BCUT2D eigenvalue weighted by molar-refractivity contribution is 8.04. The molecule has 0 aliphatic carbocycles. The lowest BCUT2D eigenvalue weighted by atomic mass is 10.1. The second-order valence-electron chi connectivity index (χ2n) is 9.85. The number of piperazine rings is 1. The molecule has 200 valence electrons. The number of rotatable bonds is 5. The van der Waals surface area contributed by atoms with Crippen molar-refractivity contribution >= 4 is 41.3 Å². The first kappa shape index (κ1) is 25.8. The molecule has 7 nitrogen and oxygen atoms in total. The van der Waals surface area contributed by atoms with Crippen LogP contribution in [0.25, 0.3) is 6.08 Å². The Morgan fingerprint density at radius 3 is 2.33 bits per heavy atom. The topological polar surface area (TPSA) is 69.6 Å². The molecular formula is C32H29N5O2S. The van der Waals surface area contributed by atoms with Crippen LogP contribution in [0.5, 0.6) is 0 Å². The minimum absolute atomic E-state index is 0.00860. The van der Waals surface area contributed by atoms with Crippen molar-refractivity contribution in [3.05, 3.63) is 118 Å². The van der Waals surface area contributed by atoms with E-state index in [-0.39, 0.29) is 11.8 Å². The van der Waals surface area contributed by atoms with Crippen molar-refractivity contribution in [3.8, 4) is 0 Å². The number of thioether (sulfide) groups is 1. The number of carbonyl (C=O) groups is 2. The molecule has 40 heavy (non-hydrogen) atoms. The van der Waals surface area contributed by atoms with Crippen LogP contribution in [0.2, 0.25) is 0 Å². The molecule has 0 N–H and O–H groups in total. The van der Waals surface area contributed by atoms with E-state index in [0.29, 0.717) is 49.1 Å². The summed E-state index contributed by atoms with van der Waals surface area (Å²) in [5, 5.41) is 0. The second kappa shape index (κ2) is 11.4. The van der Waals surface area contributed by atoms with Crippen LogP contribution in [-0.4, -0.2) is 52.9 Å². The number of benzene rings is 3. The zero-order valence-corrected chi connectivity index (χ0v) is 23.1. The molecule has 0 spiro atoms. The third-order valence-corrected chi connectivity index (χ3v) is 8.36. The van der Waals surface area contributed by atoms with Crippen LogP contribution in [0.1, 0.15) is 27.0 Å². The highest BCUT2D eigenvalue weighted by Crippen LogP contribution is 2.42. The quantitative estimate of drug-likeness (QED) is 0.311. The SMILES string of the molecule is Cc1ccccc1CN1C(=O)C(=Cc2ccc(C(=O)N3CCN(c4ncccn4)CC3)cc2)Sc2ccccc21. The molecule has 1 fully saturated rings. The van der Waals surface area contributed by atoms with Gasteiger partial charge in [-0.3, -0.25) is 9.59 Å². The Balaban J connectivity index is 1.17. The highest BCUT2D eigenvalue weighted by Gasteiger charge is 2.29. The zero-order valence-electron chi connectivity index (χ0n) is 22.2. The number of fused-ring (bicyclic) bond motifs is 1. The fraction of sp³-hybridized carbons (Fsp3) is 0.188. The summed E-state index contributed by atoms with van der Waals surface area (Å²) in [6, 6.07) is 25.5. The summed E-state index contributed by atoms with van der Waals surface area (Å²) >= 11 is 1.49. The van der Waals surface area contributed by atoms with Crippen LogP contribution >= 0.6 is 11.8 Å². The molecule has 1 saturated heterocycles. The molecule has 0 unspecified atom stereocenters. The molecule has 2 aliphatic rings. The largest absolute Gasteiger partial charge is 0.337 e. The average molecular weight is 548 g/mol. The fourth-order valence-electron chi connectivity index (χ4n) is 5.00. The lowest BCUT2D eigenvalue weighted by Crippen LogP contribution is -2.49. The minimum Gasteiger partial charge on any atom is -0.337 e. The van der Waals surface area contributed by atoms with E-state index in [1.165, 1.54) is 11.8 Å². The normalized spacial score (nSPS) is 16.3. The number of amides is 2. The molecule has 1 aromatic heterocycles. The Hall–Kier alpha value is -4.43. The highest BCUT2D eigenvalue weighted by atomic mass is 32.2. The molecule has 3 aromatic carbocycles. The van der Waals surface area contributed by atoms with Gasteiger partial charge in [0.2, 0.25) is 5.95 Å².